The zero-order valence-electron chi connectivity index (χ0n) is 12.8. The normalized spacial score (nSPS) is 13.5. The summed E-state index contributed by atoms with van der Waals surface area (Å²) in [5.41, 5.74) is 0.0457. The SMILES string of the molecule is CCS(=O)(=NC(=O)c1cn(CCOC)nn1)c1cccc(Cl)c1. The van der Waals surface area contributed by atoms with Gasteiger partial charge in [0.15, 0.2) is 5.69 Å². The lowest BCUT2D eigenvalue weighted by atomic mass is 10.4. The molecular weight excluding hydrogens is 340 g/mol. The Balaban J connectivity index is 2.32. The van der Waals surface area contributed by atoms with Gasteiger partial charge in [-0.1, -0.05) is 29.8 Å². The Hall–Kier alpha value is -1.77. The van der Waals surface area contributed by atoms with Crippen molar-refractivity contribution < 1.29 is 13.7 Å². The average Bonchev–Trinajstić information content (AvgIpc) is 3.02. The average molecular weight is 357 g/mol. The molecule has 2 rings (SSSR count). The van der Waals surface area contributed by atoms with Crippen molar-refractivity contribution in [3.05, 3.63) is 41.2 Å². The van der Waals surface area contributed by atoms with Gasteiger partial charge in [-0.15, -0.1) is 5.10 Å². The third-order valence-electron chi connectivity index (χ3n) is 3.07. The van der Waals surface area contributed by atoms with Gasteiger partial charge in [-0.25, -0.2) is 8.89 Å². The highest BCUT2D eigenvalue weighted by molar-refractivity contribution is 7.94. The molecule has 0 N–H and O–H groups in total. The maximum absolute atomic E-state index is 12.9. The van der Waals surface area contributed by atoms with Crippen LogP contribution >= 0.6 is 11.6 Å². The number of rotatable bonds is 6. The molecule has 0 aliphatic carbocycles. The first-order valence-electron chi connectivity index (χ1n) is 6.92. The van der Waals surface area contributed by atoms with Crippen LogP contribution in [0.3, 0.4) is 0 Å². The molecule has 1 unspecified atom stereocenters. The number of aromatic nitrogens is 3. The first-order valence-corrected chi connectivity index (χ1v) is 8.98. The molecule has 1 heterocycles. The van der Waals surface area contributed by atoms with Crippen molar-refractivity contribution in [2.45, 2.75) is 18.4 Å². The predicted molar refractivity (Wildman–Crippen MR) is 87.1 cm³/mol. The van der Waals surface area contributed by atoms with Crippen LogP contribution < -0.4 is 0 Å². The lowest BCUT2D eigenvalue weighted by molar-refractivity contribution is 0.1000. The first kappa shape index (κ1) is 17.6. The van der Waals surface area contributed by atoms with Crippen LogP contribution in [0.4, 0.5) is 0 Å². The minimum Gasteiger partial charge on any atom is -0.383 e. The molecule has 124 valence electrons. The third-order valence-corrected chi connectivity index (χ3v) is 5.54. The van der Waals surface area contributed by atoms with E-state index in [9.17, 15) is 9.00 Å². The third kappa shape index (κ3) is 4.37. The quantitative estimate of drug-likeness (QED) is 0.792. The van der Waals surface area contributed by atoms with E-state index in [-0.39, 0.29) is 11.4 Å². The second-order valence-corrected chi connectivity index (χ2v) is 7.59. The number of carbonyl (C=O) groups is 1. The number of ether oxygens (including phenoxy) is 1. The second-order valence-electron chi connectivity index (χ2n) is 4.64. The fraction of sp³-hybridized carbons (Fsp3) is 0.357. The van der Waals surface area contributed by atoms with Crippen LogP contribution in [-0.2, 0) is 21.0 Å². The van der Waals surface area contributed by atoms with E-state index in [1.54, 1.807) is 38.3 Å². The molecule has 1 amide bonds. The van der Waals surface area contributed by atoms with Crippen LogP contribution in [0, 0.1) is 0 Å². The second kappa shape index (κ2) is 7.67. The van der Waals surface area contributed by atoms with Crippen molar-refractivity contribution in [3.8, 4) is 0 Å². The van der Waals surface area contributed by atoms with Gasteiger partial charge >= 0.3 is 5.91 Å². The van der Waals surface area contributed by atoms with Crippen molar-refractivity contribution in [3.63, 3.8) is 0 Å². The minimum atomic E-state index is -2.89. The maximum atomic E-state index is 12.9. The van der Waals surface area contributed by atoms with Crippen molar-refractivity contribution >= 4 is 27.2 Å². The van der Waals surface area contributed by atoms with Crippen LogP contribution in [0.1, 0.15) is 17.4 Å². The molecule has 0 fully saturated rings. The lowest BCUT2D eigenvalue weighted by Gasteiger charge is -2.07. The van der Waals surface area contributed by atoms with Gasteiger partial charge in [-0.2, -0.15) is 4.36 Å². The van der Waals surface area contributed by atoms with Crippen LogP contribution in [-0.4, -0.2) is 44.6 Å². The molecule has 0 spiro atoms. The maximum Gasteiger partial charge on any atom is 0.307 e. The summed E-state index contributed by atoms with van der Waals surface area (Å²) >= 11 is 5.92. The molecule has 1 aromatic heterocycles. The Morgan fingerprint density at radius 2 is 2.26 bits per heavy atom. The van der Waals surface area contributed by atoms with Gasteiger partial charge in [0.2, 0.25) is 0 Å². The van der Waals surface area contributed by atoms with Gasteiger partial charge < -0.3 is 4.74 Å². The number of nitrogens with zero attached hydrogens (tertiary/aromatic N) is 4. The Bertz CT molecular complexity index is 812. The Morgan fingerprint density at radius 3 is 2.91 bits per heavy atom. The Kier molecular flexibility index (Phi) is 5.86. The van der Waals surface area contributed by atoms with Crippen molar-refractivity contribution in [2.75, 3.05) is 19.5 Å². The smallest absolute Gasteiger partial charge is 0.307 e. The molecule has 0 radical (unpaired) electrons. The number of amides is 1. The highest BCUT2D eigenvalue weighted by Crippen LogP contribution is 2.19. The molecular formula is C14H17ClN4O3S. The number of benzene rings is 1. The Morgan fingerprint density at radius 1 is 1.48 bits per heavy atom. The topological polar surface area (TPSA) is 86.4 Å². The summed E-state index contributed by atoms with van der Waals surface area (Å²) < 4.78 is 23.2. The van der Waals surface area contributed by atoms with E-state index >= 15 is 0 Å². The van der Waals surface area contributed by atoms with Crippen molar-refractivity contribution in [1.29, 1.82) is 0 Å². The molecule has 0 aliphatic rings. The number of methoxy groups -OCH3 is 1. The number of hydrogen-bond acceptors (Lipinski definition) is 5. The van der Waals surface area contributed by atoms with Crippen LogP contribution in [0.5, 0.6) is 0 Å². The van der Waals surface area contributed by atoms with E-state index in [1.165, 1.54) is 10.9 Å². The molecule has 0 saturated carbocycles. The summed E-state index contributed by atoms with van der Waals surface area (Å²) in [6.45, 7) is 2.62. The summed E-state index contributed by atoms with van der Waals surface area (Å²) in [5.74, 6) is -0.475. The van der Waals surface area contributed by atoms with Gasteiger partial charge in [0, 0.05) is 22.8 Å². The highest BCUT2D eigenvalue weighted by atomic mass is 35.5. The van der Waals surface area contributed by atoms with Crippen LogP contribution in [0.15, 0.2) is 39.7 Å². The molecule has 2 aromatic rings. The van der Waals surface area contributed by atoms with Gasteiger partial charge in [-0.3, -0.25) is 4.79 Å². The molecule has 0 bridgehead atoms. The summed E-state index contributed by atoms with van der Waals surface area (Å²) in [6.07, 6.45) is 1.46. The fourth-order valence-electron chi connectivity index (χ4n) is 1.82. The standard InChI is InChI=1S/C14H17ClN4O3S/c1-3-23(21,12-6-4-5-11(15)9-12)17-14(20)13-10-19(18-16-13)7-8-22-2/h4-6,9-10H,3,7-8H2,1-2H3. The molecule has 9 heteroatoms. The van der Waals surface area contributed by atoms with E-state index < -0.39 is 15.6 Å². The monoisotopic (exact) mass is 356 g/mol. The molecule has 0 aliphatic heterocycles. The highest BCUT2D eigenvalue weighted by Gasteiger charge is 2.17. The van der Waals surface area contributed by atoms with E-state index in [0.29, 0.717) is 23.1 Å². The van der Waals surface area contributed by atoms with E-state index in [2.05, 4.69) is 14.7 Å². The van der Waals surface area contributed by atoms with Crippen LogP contribution in [0.2, 0.25) is 5.02 Å². The molecule has 1 aromatic carbocycles. The Labute approximate surface area is 139 Å². The summed E-state index contributed by atoms with van der Waals surface area (Å²) in [4.78, 5) is 12.7. The van der Waals surface area contributed by atoms with E-state index in [1.807, 2.05) is 0 Å². The van der Waals surface area contributed by atoms with E-state index in [4.69, 9.17) is 16.3 Å². The molecule has 0 saturated heterocycles. The number of carbonyl (C=O) groups excluding carboxylic acids is 1. The lowest BCUT2D eigenvalue weighted by Crippen LogP contribution is -2.08. The molecule has 1 atom stereocenters. The number of hydrogen-bond donors (Lipinski definition) is 0. The predicted octanol–water partition coefficient (Wildman–Crippen LogP) is 2.27. The zero-order valence-corrected chi connectivity index (χ0v) is 14.4. The summed E-state index contributed by atoms with van der Waals surface area (Å²) in [6, 6.07) is 6.54. The van der Waals surface area contributed by atoms with Gasteiger partial charge in [0.1, 0.15) is 0 Å². The fourth-order valence-corrected chi connectivity index (χ4v) is 3.61. The molecule has 23 heavy (non-hydrogen) atoms. The summed E-state index contributed by atoms with van der Waals surface area (Å²) in [5, 5.41) is 8.01. The minimum absolute atomic E-state index is 0.0457. The van der Waals surface area contributed by atoms with Crippen molar-refractivity contribution in [1.82, 2.24) is 15.0 Å². The van der Waals surface area contributed by atoms with Crippen LogP contribution in [0.25, 0.3) is 0 Å². The first-order chi connectivity index (χ1) is 11.0. The largest absolute Gasteiger partial charge is 0.383 e. The van der Waals surface area contributed by atoms with Crippen molar-refractivity contribution in [2.24, 2.45) is 4.36 Å². The summed E-state index contributed by atoms with van der Waals surface area (Å²) in [7, 11) is -1.32. The number of halogens is 1. The van der Waals surface area contributed by atoms with Gasteiger partial charge in [-0.05, 0) is 18.2 Å². The van der Waals surface area contributed by atoms with Gasteiger partial charge in [0.25, 0.3) is 0 Å². The molecule has 7 nitrogen and oxygen atoms in total. The van der Waals surface area contributed by atoms with Gasteiger partial charge in [0.05, 0.1) is 29.1 Å². The van der Waals surface area contributed by atoms with E-state index in [0.717, 1.165) is 0 Å². The zero-order chi connectivity index (χ0) is 16.9.